The van der Waals surface area contributed by atoms with E-state index in [-0.39, 0.29) is 37.7 Å². The van der Waals surface area contributed by atoms with Gasteiger partial charge in [-0.25, -0.2) is 14.4 Å². The number of hydrogen-bond acceptors (Lipinski definition) is 8. The van der Waals surface area contributed by atoms with Crippen molar-refractivity contribution in [3.63, 3.8) is 0 Å². The van der Waals surface area contributed by atoms with Crippen LogP contribution in [-0.4, -0.2) is 71.1 Å². The van der Waals surface area contributed by atoms with Gasteiger partial charge in [0.25, 0.3) is 11.8 Å². The third kappa shape index (κ3) is 5.74. The number of morpholine rings is 1. The number of pyridine rings is 1. The highest BCUT2D eigenvalue weighted by molar-refractivity contribution is 6.05. The van der Waals surface area contributed by atoms with Crippen molar-refractivity contribution >= 4 is 29.1 Å². The number of piperidine rings is 1. The zero-order valence-corrected chi connectivity index (χ0v) is 22.8. The van der Waals surface area contributed by atoms with E-state index in [2.05, 4.69) is 20.3 Å². The number of rotatable bonds is 6. The SMILES string of the molecule is CCc1cc(C)c(C(=O)N2CCC(F)(c3ccc(N)cn3)CC2)cc1NC(=O)c1cnc(N2CCOCC2)nc1. The lowest BCUT2D eigenvalue weighted by Gasteiger charge is -2.36. The molecule has 1 aromatic carbocycles. The van der Waals surface area contributed by atoms with Crippen LogP contribution in [0.2, 0.25) is 0 Å². The van der Waals surface area contributed by atoms with Crippen LogP contribution in [0.15, 0.2) is 42.9 Å². The number of nitrogens with zero attached hydrogens (tertiary/aromatic N) is 5. The standard InChI is InChI=1S/C29H34FN7O3/c1-3-20-14-19(2)23(27(39)36-8-6-29(30,7-9-36)25-5-4-22(31)18-32-25)15-24(20)35-26(38)21-16-33-28(34-17-21)37-10-12-40-13-11-37/h4-5,14-18H,3,6-13,31H2,1-2H3,(H,35,38). The van der Waals surface area contributed by atoms with Crippen LogP contribution in [0.25, 0.3) is 0 Å². The van der Waals surface area contributed by atoms with Crippen LogP contribution in [0.1, 0.15) is 57.3 Å². The van der Waals surface area contributed by atoms with Gasteiger partial charge in [0, 0.05) is 62.7 Å². The Kier molecular flexibility index (Phi) is 7.92. The van der Waals surface area contributed by atoms with E-state index in [0.29, 0.717) is 66.9 Å². The second-order valence-corrected chi connectivity index (χ2v) is 10.2. The minimum Gasteiger partial charge on any atom is -0.397 e. The fourth-order valence-corrected chi connectivity index (χ4v) is 5.13. The first-order chi connectivity index (χ1) is 19.3. The van der Waals surface area contributed by atoms with Crippen LogP contribution >= 0.6 is 0 Å². The number of aryl methyl sites for hydroxylation is 2. The highest BCUT2D eigenvalue weighted by atomic mass is 19.1. The Morgan fingerprint density at radius 3 is 2.38 bits per heavy atom. The molecule has 0 radical (unpaired) electrons. The van der Waals surface area contributed by atoms with Crippen molar-refractivity contribution in [3.05, 3.63) is 70.8 Å². The number of carbonyl (C=O) groups excluding carboxylic acids is 2. The largest absolute Gasteiger partial charge is 0.397 e. The van der Waals surface area contributed by atoms with Gasteiger partial charge in [0.15, 0.2) is 5.67 Å². The molecule has 2 fully saturated rings. The van der Waals surface area contributed by atoms with Gasteiger partial charge in [-0.2, -0.15) is 0 Å². The van der Waals surface area contributed by atoms with E-state index in [1.165, 1.54) is 18.6 Å². The maximum Gasteiger partial charge on any atom is 0.258 e. The lowest BCUT2D eigenvalue weighted by Crippen LogP contribution is -2.43. The molecule has 5 rings (SSSR count). The lowest BCUT2D eigenvalue weighted by atomic mass is 9.89. The highest BCUT2D eigenvalue weighted by Gasteiger charge is 2.39. The number of nitrogens with two attached hydrogens (primary N) is 1. The number of halogens is 1. The minimum absolute atomic E-state index is 0.145. The molecule has 11 heteroatoms. The van der Waals surface area contributed by atoms with E-state index < -0.39 is 5.67 Å². The molecule has 0 aliphatic carbocycles. The molecular formula is C29H34FN7O3. The number of ether oxygens (including phenoxy) is 1. The molecular weight excluding hydrogens is 513 g/mol. The molecule has 2 amide bonds. The Morgan fingerprint density at radius 2 is 1.75 bits per heavy atom. The van der Waals surface area contributed by atoms with Crippen molar-refractivity contribution in [2.75, 3.05) is 55.3 Å². The molecule has 0 unspecified atom stereocenters. The predicted molar refractivity (Wildman–Crippen MR) is 150 cm³/mol. The second-order valence-electron chi connectivity index (χ2n) is 10.2. The number of nitrogens with one attached hydrogen (secondary N) is 1. The highest BCUT2D eigenvalue weighted by Crippen LogP contribution is 2.37. The number of anilines is 3. The number of benzene rings is 1. The average molecular weight is 548 g/mol. The van der Waals surface area contributed by atoms with Crippen molar-refractivity contribution in [1.82, 2.24) is 19.9 Å². The first-order valence-corrected chi connectivity index (χ1v) is 13.6. The number of aromatic nitrogens is 3. The van der Waals surface area contributed by atoms with Crippen molar-refractivity contribution in [3.8, 4) is 0 Å². The van der Waals surface area contributed by atoms with Gasteiger partial charge in [0.05, 0.1) is 36.4 Å². The van der Waals surface area contributed by atoms with E-state index in [9.17, 15) is 9.59 Å². The van der Waals surface area contributed by atoms with Crippen LogP contribution < -0.4 is 16.0 Å². The van der Waals surface area contributed by atoms with Crippen LogP contribution in [0, 0.1) is 6.92 Å². The third-order valence-corrected chi connectivity index (χ3v) is 7.59. The molecule has 2 aliphatic rings. The summed E-state index contributed by atoms with van der Waals surface area (Å²) < 4.78 is 21.0. The summed E-state index contributed by atoms with van der Waals surface area (Å²) >= 11 is 0. The smallest absolute Gasteiger partial charge is 0.258 e. The summed E-state index contributed by atoms with van der Waals surface area (Å²) in [4.78, 5) is 43.2. The Morgan fingerprint density at radius 1 is 1.05 bits per heavy atom. The van der Waals surface area contributed by atoms with Gasteiger partial charge in [-0.3, -0.25) is 14.6 Å². The average Bonchev–Trinajstić information content (AvgIpc) is 2.98. The predicted octanol–water partition coefficient (Wildman–Crippen LogP) is 3.51. The first kappa shape index (κ1) is 27.4. The van der Waals surface area contributed by atoms with Crippen molar-refractivity contribution in [1.29, 1.82) is 0 Å². The van der Waals surface area contributed by atoms with Crippen LogP contribution in [0.4, 0.5) is 21.7 Å². The normalized spacial score (nSPS) is 17.0. The third-order valence-electron chi connectivity index (χ3n) is 7.59. The summed E-state index contributed by atoms with van der Waals surface area (Å²) in [5.74, 6) is 0.00569. The fourth-order valence-electron chi connectivity index (χ4n) is 5.13. The number of amides is 2. The minimum atomic E-state index is -1.61. The monoisotopic (exact) mass is 547 g/mol. The first-order valence-electron chi connectivity index (χ1n) is 13.6. The Balaban J connectivity index is 1.29. The molecule has 0 bridgehead atoms. The van der Waals surface area contributed by atoms with Crippen LogP contribution in [0.5, 0.6) is 0 Å². The molecule has 0 spiro atoms. The van der Waals surface area contributed by atoms with Gasteiger partial charge >= 0.3 is 0 Å². The Labute approximate surface area is 232 Å². The number of nitrogen functional groups attached to an aromatic ring is 1. The molecule has 210 valence electrons. The van der Waals surface area contributed by atoms with E-state index >= 15 is 4.39 Å². The van der Waals surface area contributed by atoms with Gasteiger partial charge in [-0.1, -0.05) is 13.0 Å². The molecule has 3 aromatic rings. The van der Waals surface area contributed by atoms with Crippen LogP contribution in [-0.2, 0) is 16.8 Å². The van der Waals surface area contributed by atoms with E-state index in [1.54, 1.807) is 23.1 Å². The van der Waals surface area contributed by atoms with E-state index in [0.717, 1.165) is 11.1 Å². The Hall–Kier alpha value is -4.12. The zero-order valence-electron chi connectivity index (χ0n) is 22.8. The zero-order chi connectivity index (χ0) is 28.3. The molecule has 2 saturated heterocycles. The number of carbonyl (C=O) groups is 2. The number of likely N-dealkylation sites (tertiary alicyclic amines) is 1. The van der Waals surface area contributed by atoms with Gasteiger partial charge < -0.3 is 25.6 Å². The number of alkyl halides is 1. The van der Waals surface area contributed by atoms with Crippen molar-refractivity contribution in [2.45, 2.75) is 38.8 Å². The maximum atomic E-state index is 15.6. The van der Waals surface area contributed by atoms with Gasteiger partial charge in [0.2, 0.25) is 5.95 Å². The maximum absolute atomic E-state index is 15.6. The molecule has 3 N–H and O–H groups in total. The molecule has 4 heterocycles. The summed E-state index contributed by atoms with van der Waals surface area (Å²) in [6, 6.07) is 6.88. The lowest BCUT2D eigenvalue weighted by molar-refractivity contribution is 0.0402. The summed E-state index contributed by atoms with van der Waals surface area (Å²) in [6.07, 6.45) is 5.42. The molecule has 2 aliphatic heterocycles. The molecule has 40 heavy (non-hydrogen) atoms. The number of hydrogen-bond donors (Lipinski definition) is 2. The molecule has 2 aromatic heterocycles. The van der Waals surface area contributed by atoms with Gasteiger partial charge in [-0.15, -0.1) is 0 Å². The molecule has 10 nitrogen and oxygen atoms in total. The topological polar surface area (TPSA) is 127 Å². The van der Waals surface area contributed by atoms with Crippen LogP contribution in [0.3, 0.4) is 0 Å². The quantitative estimate of drug-likeness (QED) is 0.480. The van der Waals surface area contributed by atoms with Crippen molar-refractivity contribution in [2.24, 2.45) is 0 Å². The van der Waals surface area contributed by atoms with Gasteiger partial charge in [-0.05, 0) is 42.7 Å². The molecule has 0 saturated carbocycles. The van der Waals surface area contributed by atoms with E-state index in [1.807, 2.05) is 24.8 Å². The summed E-state index contributed by atoms with van der Waals surface area (Å²) in [7, 11) is 0. The van der Waals surface area contributed by atoms with E-state index in [4.69, 9.17) is 10.5 Å². The Bertz CT molecular complexity index is 1370. The summed E-state index contributed by atoms with van der Waals surface area (Å²) in [5.41, 5.74) is 7.96. The second kappa shape index (κ2) is 11.5. The summed E-state index contributed by atoms with van der Waals surface area (Å²) in [5, 5.41) is 2.94. The molecule has 0 atom stereocenters. The fraction of sp³-hybridized carbons (Fsp3) is 0.414. The summed E-state index contributed by atoms with van der Waals surface area (Å²) in [6.45, 7) is 7.01. The van der Waals surface area contributed by atoms with Gasteiger partial charge in [0.1, 0.15) is 0 Å². The van der Waals surface area contributed by atoms with Crippen molar-refractivity contribution < 1.29 is 18.7 Å².